The van der Waals surface area contributed by atoms with Crippen molar-refractivity contribution in [2.75, 3.05) is 6.61 Å². The number of rotatable bonds is 4. The number of carbonyl (C=O) groups is 1. The smallest absolute Gasteiger partial charge is 0.360 e. The van der Waals surface area contributed by atoms with Crippen LogP contribution in [0.3, 0.4) is 0 Å². The van der Waals surface area contributed by atoms with Crippen molar-refractivity contribution in [3.63, 3.8) is 0 Å². The maximum atomic E-state index is 11.5. The molecule has 0 aromatic carbocycles. The topological polar surface area (TPSA) is 44.1 Å². The summed E-state index contributed by atoms with van der Waals surface area (Å²) in [5.41, 5.74) is 0.376. The van der Waals surface area contributed by atoms with Crippen molar-refractivity contribution < 1.29 is 9.53 Å². The second-order valence-electron chi connectivity index (χ2n) is 4.07. The van der Waals surface area contributed by atoms with Crippen LogP contribution in [-0.2, 0) is 11.3 Å². The van der Waals surface area contributed by atoms with Crippen molar-refractivity contribution in [1.29, 1.82) is 0 Å². The number of ether oxygens (including phenoxy) is 1. The summed E-state index contributed by atoms with van der Waals surface area (Å²) in [5.74, 6) is 0.364. The first-order valence-corrected chi connectivity index (χ1v) is 6.40. The van der Waals surface area contributed by atoms with E-state index in [9.17, 15) is 4.79 Å². The van der Waals surface area contributed by atoms with Gasteiger partial charge in [-0.05, 0) is 41.6 Å². The van der Waals surface area contributed by atoms with Gasteiger partial charge >= 0.3 is 5.97 Å². The lowest BCUT2D eigenvalue weighted by molar-refractivity contribution is 0.0517. The number of aromatic nitrogens is 2. The van der Waals surface area contributed by atoms with Crippen molar-refractivity contribution in [3.8, 4) is 0 Å². The molecule has 1 aliphatic carbocycles. The van der Waals surface area contributed by atoms with E-state index in [1.165, 1.54) is 19.3 Å². The van der Waals surface area contributed by atoms with Gasteiger partial charge < -0.3 is 4.74 Å². The Labute approximate surface area is 103 Å². The number of esters is 1. The van der Waals surface area contributed by atoms with Gasteiger partial charge in [0, 0.05) is 12.7 Å². The zero-order chi connectivity index (χ0) is 11.5. The molecule has 4 nitrogen and oxygen atoms in total. The van der Waals surface area contributed by atoms with Crippen LogP contribution in [0, 0.1) is 5.92 Å². The fourth-order valence-corrected chi connectivity index (χ4v) is 2.25. The molecular formula is C11H15BrN2O2. The summed E-state index contributed by atoms with van der Waals surface area (Å²) in [6, 6.07) is 0. The molecule has 5 heteroatoms. The summed E-state index contributed by atoms with van der Waals surface area (Å²) in [4.78, 5) is 11.5. The summed E-state index contributed by atoms with van der Waals surface area (Å²) < 4.78 is 7.47. The second kappa shape index (κ2) is 4.99. The molecule has 1 saturated carbocycles. The van der Waals surface area contributed by atoms with Gasteiger partial charge in [0.1, 0.15) is 0 Å². The van der Waals surface area contributed by atoms with Gasteiger partial charge in [-0.3, -0.25) is 4.68 Å². The molecule has 0 radical (unpaired) electrons. The predicted octanol–water partition coefficient (Wildman–Crippen LogP) is 2.62. The Morgan fingerprint density at radius 3 is 3.00 bits per heavy atom. The van der Waals surface area contributed by atoms with Crippen LogP contribution in [0.4, 0.5) is 0 Å². The Morgan fingerprint density at radius 2 is 2.44 bits per heavy atom. The Bertz CT molecular complexity index is 385. The third kappa shape index (κ3) is 2.45. The molecule has 0 aliphatic heterocycles. The summed E-state index contributed by atoms with van der Waals surface area (Å²) >= 11 is 3.33. The largest absolute Gasteiger partial charge is 0.461 e. The lowest BCUT2D eigenvalue weighted by Gasteiger charge is -2.24. The van der Waals surface area contributed by atoms with Gasteiger partial charge in [0.2, 0.25) is 0 Å². The Balaban J connectivity index is 2.05. The number of nitrogens with zero attached hydrogens (tertiary/aromatic N) is 2. The maximum Gasteiger partial charge on any atom is 0.360 e. The molecule has 1 aromatic heterocycles. The molecule has 0 amide bonds. The highest BCUT2D eigenvalue weighted by molar-refractivity contribution is 9.10. The van der Waals surface area contributed by atoms with Crippen LogP contribution >= 0.6 is 15.9 Å². The normalized spacial score (nSPS) is 15.9. The molecule has 1 heterocycles. The molecule has 2 rings (SSSR count). The molecule has 0 saturated heterocycles. The van der Waals surface area contributed by atoms with E-state index in [4.69, 9.17) is 4.74 Å². The fraction of sp³-hybridized carbons (Fsp3) is 0.636. The molecule has 1 aromatic rings. The first-order valence-electron chi connectivity index (χ1n) is 5.60. The average Bonchev–Trinajstić information content (AvgIpc) is 2.54. The lowest BCUT2D eigenvalue weighted by atomic mass is 9.85. The van der Waals surface area contributed by atoms with Crippen molar-refractivity contribution in [3.05, 3.63) is 16.4 Å². The molecule has 16 heavy (non-hydrogen) atoms. The summed E-state index contributed by atoms with van der Waals surface area (Å²) in [7, 11) is 0. The van der Waals surface area contributed by atoms with Crippen molar-refractivity contribution in [1.82, 2.24) is 9.78 Å². The molecule has 1 aliphatic rings. The molecule has 0 unspecified atom stereocenters. The van der Waals surface area contributed by atoms with E-state index in [0.29, 0.717) is 16.8 Å². The van der Waals surface area contributed by atoms with Crippen LogP contribution in [0.25, 0.3) is 0 Å². The third-order valence-electron chi connectivity index (χ3n) is 2.86. The van der Waals surface area contributed by atoms with Crippen molar-refractivity contribution >= 4 is 21.9 Å². The number of hydrogen-bond donors (Lipinski definition) is 0. The number of carbonyl (C=O) groups excluding carboxylic acids is 1. The first-order chi connectivity index (χ1) is 7.70. The van der Waals surface area contributed by atoms with Gasteiger partial charge in [-0.1, -0.05) is 6.42 Å². The highest BCUT2D eigenvalue weighted by Crippen LogP contribution is 2.28. The van der Waals surface area contributed by atoms with Crippen LogP contribution < -0.4 is 0 Å². The lowest BCUT2D eigenvalue weighted by Crippen LogP contribution is -2.18. The van der Waals surface area contributed by atoms with E-state index in [1.807, 2.05) is 10.9 Å². The van der Waals surface area contributed by atoms with E-state index < -0.39 is 0 Å². The highest BCUT2D eigenvalue weighted by atomic mass is 79.9. The van der Waals surface area contributed by atoms with Gasteiger partial charge in [0.05, 0.1) is 11.1 Å². The van der Waals surface area contributed by atoms with Crippen molar-refractivity contribution in [2.45, 2.75) is 32.7 Å². The van der Waals surface area contributed by atoms with Crippen LogP contribution in [0.1, 0.15) is 36.7 Å². The van der Waals surface area contributed by atoms with Gasteiger partial charge in [0.25, 0.3) is 0 Å². The molecule has 88 valence electrons. The highest BCUT2D eigenvalue weighted by Gasteiger charge is 2.21. The zero-order valence-electron chi connectivity index (χ0n) is 9.28. The molecule has 0 N–H and O–H groups in total. The van der Waals surface area contributed by atoms with Gasteiger partial charge in [0.15, 0.2) is 5.69 Å². The standard InChI is InChI=1S/C11H15BrN2O2/c1-2-16-11(15)10-9(12)7-14(13-10)6-8-4-3-5-8/h7-8H,2-6H2,1H3. The minimum Gasteiger partial charge on any atom is -0.461 e. The third-order valence-corrected chi connectivity index (χ3v) is 3.44. The fourth-order valence-electron chi connectivity index (χ4n) is 1.77. The van der Waals surface area contributed by atoms with Crippen LogP contribution in [0.5, 0.6) is 0 Å². The second-order valence-corrected chi connectivity index (χ2v) is 4.92. The minimum atomic E-state index is -0.360. The summed E-state index contributed by atoms with van der Waals surface area (Å²) in [6.45, 7) is 3.07. The Kier molecular flexibility index (Phi) is 3.63. The molecule has 0 bridgehead atoms. The zero-order valence-corrected chi connectivity index (χ0v) is 10.9. The molecule has 0 spiro atoms. The number of hydrogen-bond acceptors (Lipinski definition) is 3. The van der Waals surface area contributed by atoms with Crippen molar-refractivity contribution in [2.24, 2.45) is 5.92 Å². The van der Waals surface area contributed by atoms with E-state index in [-0.39, 0.29) is 5.97 Å². The van der Waals surface area contributed by atoms with Gasteiger partial charge in [-0.15, -0.1) is 0 Å². The van der Waals surface area contributed by atoms with E-state index in [2.05, 4.69) is 21.0 Å². The van der Waals surface area contributed by atoms with E-state index in [1.54, 1.807) is 6.92 Å². The first kappa shape index (κ1) is 11.6. The molecule has 0 atom stereocenters. The Morgan fingerprint density at radius 1 is 1.69 bits per heavy atom. The van der Waals surface area contributed by atoms with Crippen LogP contribution in [0.15, 0.2) is 10.7 Å². The minimum absolute atomic E-state index is 0.360. The maximum absolute atomic E-state index is 11.5. The summed E-state index contributed by atoms with van der Waals surface area (Å²) in [5, 5.41) is 4.25. The predicted molar refractivity (Wildman–Crippen MR) is 63.2 cm³/mol. The number of halogens is 1. The SMILES string of the molecule is CCOC(=O)c1nn(CC2CCC2)cc1Br. The molecular weight excluding hydrogens is 272 g/mol. The van der Waals surface area contributed by atoms with Crippen LogP contribution in [-0.4, -0.2) is 22.4 Å². The van der Waals surface area contributed by atoms with Gasteiger partial charge in [-0.25, -0.2) is 4.79 Å². The van der Waals surface area contributed by atoms with E-state index >= 15 is 0 Å². The molecule has 1 fully saturated rings. The summed E-state index contributed by atoms with van der Waals surface area (Å²) in [6.07, 6.45) is 5.71. The van der Waals surface area contributed by atoms with Crippen LogP contribution in [0.2, 0.25) is 0 Å². The van der Waals surface area contributed by atoms with E-state index in [0.717, 1.165) is 12.5 Å². The average molecular weight is 287 g/mol. The Hall–Kier alpha value is -0.840. The van der Waals surface area contributed by atoms with Gasteiger partial charge in [-0.2, -0.15) is 5.10 Å². The monoisotopic (exact) mass is 286 g/mol. The quantitative estimate of drug-likeness (QED) is 0.800.